The van der Waals surface area contributed by atoms with Crippen molar-refractivity contribution in [1.82, 2.24) is 18.5 Å². The van der Waals surface area contributed by atoms with Gasteiger partial charge >= 0.3 is 17.1 Å². The maximum Gasteiger partial charge on any atom is 4.00 e. The Labute approximate surface area is 107 Å². The molecule has 10 heteroatoms. The first-order valence-corrected chi connectivity index (χ1v) is 1.34. The average molecular weight is 266 g/mol. The van der Waals surface area contributed by atoms with Crippen molar-refractivity contribution in [3.63, 3.8) is 0 Å². The fourth-order valence-electron chi connectivity index (χ4n) is 0. The molecular weight excluding hydrogens is 254 g/mol. The number of rotatable bonds is 0. The van der Waals surface area contributed by atoms with E-state index in [1.54, 1.807) is 0 Å². The summed E-state index contributed by atoms with van der Waals surface area (Å²) >= 11 is 0. The second kappa shape index (κ2) is 224. The Kier molecular flexibility index (Phi) is 2550. The minimum absolute atomic E-state index is 0. The number of hydrogen-bond donors (Lipinski definition) is 3. The first-order chi connectivity index (χ1) is 6.00. The number of quaternary nitrogens is 3. The van der Waals surface area contributed by atoms with E-state index in [9.17, 15) is 0 Å². The molecule has 0 rings (SSSR count). The van der Waals surface area contributed by atoms with E-state index in [0.29, 0.717) is 0 Å². The van der Waals surface area contributed by atoms with Crippen LogP contribution < -0.4 is 18.5 Å². The van der Waals surface area contributed by atoms with E-state index in [1.165, 1.54) is 0 Å². The molecule has 0 spiro atoms. The molecule has 16 heavy (non-hydrogen) atoms. The molecule has 0 bridgehead atoms. The van der Waals surface area contributed by atoms with Crippen molar-refractivity contribution >= 4 is 0 Å². The van der Waals surface area contributed by atoms with Crippen molar-refractivity contribution in [1.29, 1.82) is 31.6 Å². The standard InChI is InChI=1S/6CN.Fe.3H3N/c6*1-2;;;;/h;;;;;;;3*1H3/q6*-1;+4;;;/p+3. The molecule has 12 N–H and O–H groups in total. The molecule has 0 aromatic heterocycles. The zero-order valence-electron chi connectivity index (χ0n) is 9.04. The van der Waals surface area contributed by atoms with Gasteiger partial charge in [-0.1, -0.05) is 0 Å². The molecule has 0 radical (unpaired) electrons. The van der Waals surface area contributed by atoms with Gasteiger partial charge in [0.2, 0.25) is 0 Å². The fraction of sp³-hybridized carbons (Fsp3) is 0. The van der Waals surface area contributed by atoms with Crippen molar-refractivity contribution in [3.8, 4) is 0 Å². The van der Waals surface area contributed by atoms with Gasteiger partial charge in [0.1, 0.15) is 0 Å². The van der Waals surface area contributed by atoms with Crippen molar-refractivity contribution in [2.75, 3.05) is 0 Å². The Morgan fingerprint density at radius 2 is 0.312 bits per heavy atom. The van der Waals surface area contributed by atoms with Gasteiger partial charge in [0, 0.05) is 0 Å². The van der Waals surface area contributed by atoms with Crippen LogP contribution in [-0.4, -0.2) is 0 Å². The summed E-state index contributed by atoms with van der Waals surface area (Å²) in [7, 11) is 0. The maximum absolute atomic E-state index is 6.25. The van der Waals surface area contributed by atoms with Crippen LogP contribution in [0.2, 0.25) is 0 Å². The van der Waals surface area contributed by atoms with Crippen LogP contribution in [0.1, 0.15) is 0 Å². The summed E-state index contributed by atoms with van der Waals surface area (Å²) in [5, 5.41) is 37.5. The molecule has 9 nitrogen and oxygen atoms in total. The van der Waals surface area contributed by atoms with Gasteiger partial charge < -0.3 is 89.5 Å². The Morgan fingerprint density at radius 1 is 0.312 bits per heavy atom. The minimum atomic E-state index is 0. The van der Waals surface area contributed by atoms with E-state index in [2.05, 4.69) is 0 Å². The molecule has 0 fully saturated rings. The monoisotopic (exact) mass is 266 g/mol. The average Bonchev–Trinajstić information content (AvgIpc) is 2.33. The molecular formula is C6H12FeN9+. The van der Waals surface area contributed by atoms with E-state index in [1.807, 2.05) is 0 Å². The normalized spacial score (nSPS) is 0.750. The number of hydrogen-bond acceptors (Lipinski definition) is 6. The summed E-state index contributed by atoms with van der Waals surface area (Å²) in [6, 6.07) is 0. The van der Waals surface area contributed by atoms with E-state index in [4.69, 9.17) is 71.0 Å². The molecule has 0 unspecified atom stereocenters. The van der Waals surface area contributed by atoms with Gasteiger partial charge in [0.15, 0.2) is 0 Å². The summed E-state index contributed by atoms with van der Waals surface area (Å²) in [5.41, 5.74) is 0. The van der Waals surface area contributed by atoms with Crippen LogP contribution in [-0.2, 0) is 17.1 Å². The van der Waals surface area contributed by atoms with Crippen molar-refractivity contribution in [3.05, 3.63) is 39.4 Å². The van der Waals surface area contributed by atoms with Crippen LogP contribution >= 0.6 is 0 Å². The Balaban J connectivity index is -0.00000000321. The zero-order valence-corrected chi connectivity index (χ0v) is 10.1. The first kappa shape index (κ1) is 182. The Morgan fingerprint density at radius 3 is 0.312 bits per heavy atom. The molecule has 0 amide bonds. The third kappa shape index (κ3) is 171. The summed E-state index contributed by atoms with van der Waals surface area (Å²) in [6.07, 6.45) is 0. The zero-order chi connectivity index (χ0) is 12.0. The molecule has 0 aliphatic heterocycles. The summed E-state index contributed by atoms with van der Waals surface area (Å²) < 4.78 is 0. The molecule has 0 atom stereocenters. The molecule has 0 saturated carbocycles. The molecule has 0 heterocycles. The predicted molar refractivity (Wildman–Crippen MR) is 47.8 cm³/mol. The summed E-state index contributed by atoms with van der Waals surface area (Å²) in [6.45, 7) is 28.5. The maximum atomic E-state index is 6.25. The van der Waals surface area contributed by atoms with Gasteiger partial charge in [-0.3, -0.25) is 0 Å². The van der Waals surface area contributed by atoms with Crippen LogP contribution in [0, 0.1) is 71.0 Å². The van der Waals surface area contributed by atoms with Crippen LogP contribution in [0.4, 0.5) is 0 Å². The van der Waals surface area contributed by atoms with Crippen LogP contribution in [0.5, 0.6) is 0 Å². The third-order valence-corrected chi connectivity index (χ3v) is 0. The first-order valence-electron chi connectivity index (χ1n) is 1.34. The van der Waals surface area contributed by atoms with E-state index < -0.39 is 0 Å². The smallest absolute Gasteiger partial charge is 0.512 e. The van der Waals surface area contributed by atoms with Crippen LogP contribution in [0.3, 0.4) is 0 Å². The molecule has 0 aliphatic rings. The molecule has 0 aromatic rings. The van der Waals surface area contributed by atoms with Gasteiger partial charge in [0.05, 0.1) is 0 Å². The summed E-state index contributed by atoms with van der Waals surface area (Å²) in [5.74, 6) is 0. The van der Waals surface area contributed by atoms with Gasteiger partial charge in [-0.25, -0.2) is 0 Å². The van der Waals surface area contributed by atoms with Crippen molar-refractivity contribution < 1.29 is 17.1 Å². The van der Waals surface area contributed by atoms with E-state index >= 15 is 0 Å². The van der Waals surface area contributed by atoms with Gasteiger partial charge in [-0.15, -0.1) is 0 Å². The van der Waals surface area contributed by atoms with Gasteiger partial charge in [-0.2, -0.15) is 0 Å². The molecule has 0 aliphatic carbocycles. The fourth-order valence-corrected chi connectivity index (χ4v) is 0. The van der Waals surface area contributed by atoms with E-state index in [-0.39, 0.29) is 35.5 Å². The topological polar surface area (TPSA) is 252 Å². The van der Waals surface area contributed by atoms with Crippen LogP contribution in [0.25, 0.3) is 0 Å². The molecule has 0 saturated heterocycles. The minimum Gasteiger partial charge on any atom is -0.512 e. The van der Waals surface area contributed by atoms with Gasteiger partial charge in [-0.05, 0) is 0 Å². The predicted octanol–water partition coefficient (Wildman–Crippen LogP) is 1.70. The van der Waals surface area contributed by atoms with Crippen molar-refractivity contribution in [2.24, 2.45) is 0 Å². The second-order valence-electron chi connectivity index (χ2n) is 0. The van der Waals surface area contributed by atoms with Gasteiger partial charge in [0.25, 0.3) is 0 Å². The van der Waals surface area contributed by atoms with E-state index in [0.717, 1.165) is 0 Å². The van der Waals surface area contributed by atoms with Crippen LogP contribution in [0.15, 0.2) is 0 Å². The quantitative estimate of drug-likeness (QED) is 0.433. The SMILES string of the molecule is [C-]#N.[C-]#N.[C-]#N.[C-]#N.[C-]#N.[C-]#N.[Fe+4].[NH4+].[NH4+].[NH4+]. The molecule has 0 aromatic carbocycles. The largest absolute Gasteiger partial charge is 4.00 e. The third-order valence-electron chi connectivity index (χ3n) is 0. The van der Waals surface area contributed by atoms with Crippen molar-refractivity contribution in [2.45, 2.75) is 0 Å². The molecule has 88 valence electrons. The summed E-state index contributed by atoms with van der Waals surface area (Å²) in [4.78, 5) is 0. The Bertz CT molecular complexity index is 95.0. The number of nitrogens with zero attached hydrogens (tertiary/aromatic N) is 6. The Hall–Kier alpha value is -2.66. The second-order valence-corrected chi connectivity index (χ2v) is 0.